The number of pyridine rings is 1. The van der Waals surface area contributed by atoms with Gasteiger partial charge < -0.3 is 5.11 Å². The molecule has 3 rings (SSSR count). The fourth-order valence-electron chi connectivity index (χ4n) is 2.99. The molecule has 1 aliphatic rings. The second-order valence-corrected chi connectivity index (χ2v) is 7.51. The lowest BCUT2D eigenvalue weighted by Crippen LogP contribution is -2.43. The van der Waals surface area contributed by atoms with E-state index in [2.05, 4.69) is 30.9 Å². The molecule has 25 heavy (non-hydrogen) atoms. The maximum Gasteiger partial charge on any atom is 0.276 e. The lowest BCUT2D eigenvalue weighted by Gasteiger charge is -2.31. The number of rotatable bonds is 2. The number of carbonyl (C=O) groups is 1. The number of amides is 1. The first-order valence-electron chi connectivity index (χ1n) is 8.34. The summed E-state index contributed by atoms with van der Waals surface area (Å²) < 4.78 is 0. The molecule has 0 spiro atoms. The first-order chi connectivity index (χ1) is 11.7. The van der Waals surface area contributed by atoms with Gasteiger partial charge in [0.25, 0.3) is 5.91 Å². The van der Waals surface area contributed by atoms with E-state index in [1.807, 2.05) is 12.1 Å². The van der Waals surface area contributed by atoms with Crippen molar-refractivity contribution in [3.63, 3.8) is 0 Å². The quantitative estimate of drug-likeness (QED) is 0.913. The molecule has 0 saturated heterocycles. The van der Waals surface area contributed by atoms with Gasteiger partial charge in [-0.25, -0.2) is 0 Å². The molecule has 0 radical (unpaired) electrons. The molecule has 0 bridgehead atoms. The Kier molecular flexibility index (Phi) is 4.21. The van der Waals surface area contributed by atoms with Crippen molar-refractivity contribution >= 4 is 11.6 Å². The van der Waals surface area contributed by atoms with E-state index in [0.29, 0.717) is 16.8 Å². The van der Waals surface area contributed by atoms with Crippen molar-refractivity contribution in [3.8, 4) is 0 Å². The van der Waals surface area contributed by atoms with Crippen molar-refractivity contribution < 1.29 is 9.90 Å². The van der Waals surface area contributed by atoms with E-state index < -0.39 is 5.72 Å². The van der Waals surface area contributed by atoms with Gasteiger partial charge in [0.05, 0.1) is 0 Å². The van der Waals surface area contributed by atoms with Crippen molar-refractivity contribution in [3.05, 3.63) is 65.5 Å². The highest BCUT2D eigenvalue weighted by Crippen LogP contribution is 2.36. The van der Waals surface area contributed by atoms with Gasteiger partial charge >= 0.3 is 0 Å². The third-order valence-electron chi connectivity index (χ3n) is 4.44. The first-order valence-corrected chi connectivity index (χ1v) is 8.34. The zero-order valence-electron chi connectivity index (χ0n) is 15.0. The van der Waals surface area contributed by atoms with Crippen molar-refractivity contribution in [1.29, 1.82) is 0 Å². The highest BCUT2D eigenvalue weighted by molar-refractivity contribution is 5.97. The molecule has 0 aliphatic carbocycles. The Hall–Kier alpha value is -2.53. The van der Waals surface area contributed by atoms with Crippen molar-refractivity contribution in [1.82, 2.24) is 9.99 Å². The van der Waals surface area contributed by atoms with Crippen LogP contribution in [0.2, 0.25) is 0 Å². The van der Waals surface area contributed by atoms with Crippen molar-refractivity contribution in [2.45, 2.75) is 45.3 Å². The SMILES string of the molecule is CC1=NN(C(=O)c2ccc(C(C)(C)C)cc2)[C@@](O)(c2cccnc2)C1. The standard InChI is InChI=1S/C20H23N3O2/c1-14-12-20(25,17-6-5-11-21-13-17)23(22-14)18(24)15-7-9-16(10-8-15)19(2,3)4/h5-11,13,25H,12H2,1-4H3/t20-/m0/s1. The molecule has 1 amide bonds. The van der Waals surface area contributed by atoms with E-state index in [1.54, 1.807) is 43.6 Å². The van der Waals surface area contributed by atoms with Crippen molar-refractivity contribution in [2.75, 3.05) is 0 Å². The summed E-state index contributed by atoms with van der Waals surface area (Å²) in [5, 5.41) is 16.6. The maximum atomic E-state index is 13.0. The summed E-state index contributed by atoms with van der Waals surface area (Å²) in [5.41, 5.74) is 1.40. The molecule has 0 saturated carbocycles. The van der Waals surface area contributed by atoms with E-state index >= 15 is 0 Å². The summed E-state index contributed by atoms with van der Waals surface area (Å²) in [7, 11) is 0. The zero-order valence-corrected chi connectivity index (χ0v) is 15.0. The fourth-order valence-corrected chi connectivity index (χ4v) is 2.99. The van der Waals surface area contributed by atoms with Gasteiger partial charge in [0, 0.05) is 35.7 Å². The monoisotopic (exact) mass is 337 g/mol. The minimum atomic E-state index is -1.50. The average Bonchev–Trinajstić information content (AvgIpc) is 2.90. The van der Waals surface area contributed by atoms with E-state index in [9.17, 15) is 9.90 Å². The van der Waals surface area contributed by atoms with Crippen LogP contribution in [0.3, 0.4) is 0 Å². The van der Waals surface area contributed by atoms with Gasteiger partial charge in [-0.05, 0) is 36.1 Å². The van der Waals surface area contributed by atoms with Crippen LogP contribution in [-0.4, -0.2) is 26.7 Å². The van der Waals surface area contributed by atoms with Gasteiger partial charge in [0.1, 0.15) is 0 Å². The predicted molar refractivity (Wildman–Crippen MR) is 97.2 cm³/mol. The van der Waals surface area contributed by atoms with Gasteiger partial charge in [0.15, 0.2) is 5.72 Å². The fraction of sp³-hybridized carbons (Fsp3) is 0.350. The predicted octanol–water partition coefficient (Wildman–Crippen LogP) is 3.45. The molecule has 1 aliphatic heterocycles. The summed E-state index contributed by atoms with van der Waals surface area (Å²) in [4.78, 5) is 17.0. The molecule has 0 fully saturated rings. The van der Waals surface area contributed by atoms with Gasteiger partial charge in [-0.1, -0.05) is 39.0 Å². The Morgan fingerprint density at radius 2 is 1.88 bits per heavy atom. The summed E-state index contributed by atoms with van der Waals surface area (Å²) in [5.74, 6) is -0.330. The number of benzene rings is 1. The molecule has 1 aromatic carbocycles. The number of aromatic nitrogens is 1. The van der Waals surface area contributed by atoms with Crippen LogP contribution in [-0.2, 0) is 11.1 Å². The lowest BCUT2D eigenvalue weighted by atomic mass is 9.86. The average molecular weight is 337 g/mol. The van der Waals surface area contributed by atoms with Gasteiger partial charge in [-0.15, -0.1) is 0 Å². The second-order valence-electron chi connectivity index (χ2n) is 7.51. The van der Waals surface area contributed by atoms with Gasteiger partial charge in [-0.2, -0.15) is 10.1 Å². The zero-order chi connectivity index (χ0) is 18.2. The Bertz CT molecular complexity index is 807. The molecule has 2 heterocycles. The minimum Gasteiger partial charge on any atom is -0.365 e. The smallest absolute Gasteiger partial charge is 0.276 e. The highest BCUT2D eigenvalue weighted by Gasteiger charge is 2.45. The van der Waals surface area contributed by atoms with E-state index in [4.69, 9.17) is 0 Å². The van der Waals surface area contributed by atoms with Crippen LogP contribution in [0.5, 0.6) is 0 Å². The molecular weight excluding hydrogens is 314 g/mol. The van der Waals surface area contributed by atoms with E-state index in [-0.39, 0.29) is 17.7 Å². The summed E-state index contributed by atoms with van der Waals surface area (Å²) in [6.07, 6.45) is 3.47. The molecule has 130 valence electrons. The maximum absolute atomic E-state index is 13.0. The van der Waals surface area contributed by atoms with Gasteiger partial charge in [-0.3, -0.25) is 9.78 Å². The van der Waals surface area contributed by atoms with Crippen LogP contribution in [0.4, 0.5) is 0 Å². The summed E-state index contributed by atoms with van der Waals surface area (Å²) in [6.45, 7) is 8.18. The second kappa shape index (κ2) is 6.08. The largest absolute Gasteiger partial charge is 0.365 e. The van der Waals surface area contributed by atoms with Crippen molar-refractivity contribution in [2.24, 2.45) is 5.10 Å². The Labute approximate surface area is 148 Å². The molecule has 1 aromatic heterocycles. The number of hydrogen-bond acceptors (Lipinski definition) is 4. The molecule has 1 N–H and O–H groups in total. The molecular formula is C20H23N3O2. The van der Waals surface area contributed by atoms with Crippen LogP contribution in [0.25, 0.3) is 0 Å². The number of carbonyl (C=O) groups excluding carboxylic acids is 1. The van der Waals surface area contributed by atoms with Crippen LogP contribution in [0.15, 0.2) is 53.9 Å². The van der Waals surface area contributed by atoms with Gasteiger partial charge in [0.2, 0.25) is 0 Å². The topological polar surface area (TPSA) is 65.8 Å². The summed E-state index contributed by atoms with van der Waals surface area (Å²) >= 11 is 0. The van der Waals surface area contributed by atoms with Crippen LogP contribution in [0.1, 0.15) is 55.6 Å². The van der Waals surface area contributed by atoms with Crippen LogP contribution in [0, 0.1) is 0 Å². The minimum absolute atomic E-state index is 0.0143. The molecule has 5 nitrogen and oxygen atoms in total. The molecule has 0 unspecified atom stereocenters. The molecule has 2 aromatic rings. The van der Waals surface area contributed by atoms with Crippen LogP contribution >= 0.6 is 0 Å². The Morgan fingerprint density at radius 3 is 2.44 bits per heavy atom. The Balaban J connectivity index is 1.95. The first kappa shape index (κ1) is 17.3. The van der Waals surface area contributed by atoms with E-state index in [0.717, 1.165) is 5.56 Å². The van der Waals surface area contributed by atoms with E-state index in [1.165, 1.54) is 5.01 Å². The number of hydrogen-bond donors (Lipinski definition) is 1. The number of aliphatic hydroxyl groups is 1. The highest BCUT2D eigenvalue weighted by atomic mass is 16.3. The molecule has 5 heteroatoms. The Morgan fingerprint density at radius 1 is 1.20 bits per heavy atom. The third kappa shape index (κ3) is 3.20. The summed E-state index contributed by atoms with van der Waals surface area (Å²) in [6, 6.07) is 11.0. The number of nitrogens with zero attached hydrogens (tertiary/aromatic N) is 3. The normalized spacial score (nSPS) is 20.5. The van der Waals surface area contributed by atoms with Crippen LogP contribution < -0.4 is 0 Å². The lowest BCUT2D eigenvalue weighted by molar-refractivity contribution is -0.0767. The third-order valence-corrected chi connectivity index (χ3v) is 4.44. The number of hydrazone groups is 1. The molecule has 1 atom stereocenters.